The summed E-state index contributed by atoms with van der Waals surface area (Å²) in [5.41, 5.74) is 2.44. The minimum Gasteiger partial charge on any atom is -0.465 e. The highest BCUT2D eigenvalue weighted by Crippen LogP contribution is 2.36. The fourth-order valence-electron chi connectivity index (χ4n) is 4.08. The largest absolute Gasteiger partial charge is 0.465 e. The molecule has 166 valence electrons. The maximum atomic E-state index is 12.9. The topological polar surface area (TPSA) is 96.6 Å². The molecule has 1 amide bonds. The van der Waals surface area contributed by atoms with Crippen LogP contribution in [-0.4, -0.2) is 61.3 Å². The molecule has 1 aromatic rings. The first-order chi connectivity index (χ1) is 14.4. The standard InChI is InChI=1S/C22H34N4O4/c1-5-30-21(28)15-25(11-12-29-4)14-20(27)24-22-19(13-23)16(2)17(3)26(22)18-9-7-6-8-10-18/h18H,5-12,14-15H2,1-4H3,(H,24,27). The molecule has 0 bridgehead atoms. The maximum Gasteiger partial charge on any atom is 0.320 e. The van der Waals surface area contributed by atoms with Gasteiger partial charge in [-0.3, -0.25) is 14.5 Å². The molecule has 0 spiro atoms. The number of rotatable bonds is 10. The third-order valence-electron chi connectivity index (χ3n) is 5.70. The van der Waals surface area contributed by atoms with Crippen LogP contribution in [0.5, 0.6) is 0 Å². The van der Waals surface area contributed by atoms with Crippen LogP contribution in [-0.2, 0) is 19.1 Å². The number of carbonyl (C=O) groups is 2. The number of hydrogen-bond donors (Lipinski definition) is 1. The van der Waals surface area contributed by atoms with Gasteiger partial charge in [-0.2, -0.15) is 5.26 Å². The van der Waals surface area contributed by atoms with Gasteiger partial charge in [-0.25, -0.2) is 0 Å². The van der Waals surface area contributed by atoms with Crippen molar-refractivity contribution >= 4 is 17.7 Å². The van der Waals surface area contributed by atoms with E-state index in [1.165, 1.54) is 6.42 Å². The molecule has 0 radical (unpaired) electrons. The van der Waals surface area contributed by atoms with Crippen LogP contribution < -0.4 is 5.32 Å². The average Bonchev–Trinajstić information content (AvgIpc) is 2.96. The lowest BCUT2D eigenvalue weighted by atomic mass is 9.95. The van der Waals surface area contributed by atoms with E-state index in [0.717, 1.165) is 36.9 Å². The Morgan fingerprint density at radius 3 is 2.53 bits per heavy atom. The highest BCUT2D eigenvalue weighted by molar-refractivity contribution is 5.93. The molecular formula is C22H34N4O4. The third kappa shape index (κ3) is 6.07. The molecule has 30 heavy (non-hydrogen) atoms. The van der Waals surface area contributed by atoms with Gasteiger partial charge in [-0.05, 0) is 39.2 Å². The van der Waals surface area contributed by atoms with E-state index >= 15 is 0 Å². The zero-order valence-electron chi connectivity index (χ0n) is 18.6. The molecule has 1 aliphatic carbocycles. The van der Waals surface area contributed by atoms with Crippen molar-refractivity contribution in [1.29, 1.82) is 5.26 Å². The summed E-state index contributed by atoms with van der Waals surface area (Å²) in [6.45, 7) is 6.82. The van der Waals surface area contributed by atoms with Gasteiger partial charge in [0.25, 0.3) is 0 Å². The van der Waals surface area contributed by atoms with E-state index in [4.69, 9.17) is 9.47 Å². The van der Waals surface area contributed by atoms with Crippen molar-refractivity contribution in [3.8, 4) is 6.07 Å². The van der Waals surface area contributed by atoms with E-state index in [1.807, 2.05) is 13.8 Å². The van der Waals surface area contributed by atoms with Gasteiger partial charge in [-0.1, -0.05) is 19.3 Å². The molecule has 1 aliphatic rings. The number of aromatic nitrogens is 1. The van der Waals surface area contributed by atoms with Crippen LogP contribution in [0, 0.1) is 25.2 Å². The first-order valence-corrected chi connectivity index (χ1v) is 10.7. The molecule has 1 N–H and O–H groups in total. The fourth-order valence-corrected chi connectivity index (χ4v) is 4.08. The van der Waals surface area contributed by atoms with Crippen LogP contribution in [0.15, 0.2) is 0 Å². The zero-order chi connectivity index (χ0) is 22.1. The summed E-state index contributed by atoms with van der Waals surface area (Å²) in [7, 11) is 1.57. The molecule has 0 aromatic carbocycles. The summed E-state index contributed by atoms with van der Waals surface area (Å²) >= 11 is 0. The lowest BCUT2D eigenvalue weighted by Crippen LogP contribution is -2.39. The number of amides is 1. The second kappa shape index (κ2) is 11.7. The van der Waals surface area contributed by atoms with Gasteiger partial charge in [0.1, 0.15) is 11.9 Å². The average molecular weight is 419 g/mol. The monoisotopic (exact) mass is 418 g/mol. The van der Waals surface area contributed by atoms with Gasteiger partial charge in [0, 0.05) is 25.4 Å². The van der Waals surface area contributed by atoms with Crippen LogP contribution in [0.3, 0.4) is 0 Å². The summed E-state index contributed by atoms with van der Waals surface area (Å²) in [6, 6.07) is 2.55. The van der Waals surface area contributed by atoms with Crippen LogP contribution in [0.25, 0.3) is 0 Å². The van der Waals surface area contributed by atoms with Crippen LogP contribution in [0.2, 0.25) is 0 Å². The van der Waals surface area contributed by atoms with Crippen molar-refractivity contribution < 1.29 is 19.1 Å². The van der Waals surface area contributed by atoms with E-state index in [0.29, 0.717) is 37.2 Å². The first-order valence-electron chi connectivity index (χ1n) is 10.7. The van der Waals surface area contributed by atoms with Gasteiger partial charge < -0.3 is 19.4 Å². The molecule has 0 atom stereocenters. The number of esters is 1. The Kier molecular flexibility index (Phi) is 9.34. The number of nitrogens with zero attached hydrogens (tertiary/aromatic N) is 3. The lowest BCUT2D eigenvalue weighted by molar-refractivity contribution is -0.144. The second-order valence-corrected chi connectivity index (χ2v) is 7.76. The highest BCUT2D eigenvalue weighted by atomic mass is 16.5. The van der Waals surface area contributed by atoms with Crippen LogP contribution in [0.4, 0.5) is 5.82 Å². The van der Waals surface area contributed by atoms with Crippen LogP contribution in [0.1, 0.15) is 61.9 Å². The van der Waals surface area contributed by atoms with Crippen molar-refractivity contribution in [1.82, 2.24) is 9.47 Å². The number of methoxy groups -OCH3 is 1. The van der Waals surface area contributed by atoms with E-state index in [2.05, 4.69) is 16.0 Å². The number of carbonyl (C=O) groups excluding carboxylic acids is 2. The second-order valence-electron chi connectivity index (χ2n) is 7.76. The molecule has 8 nitrogen and oxygen atoms in total. The Bertz CT molecular complexity index is 775. The minimum atomic E-state index is -0.378. The first kappa shape index (κ1) is 23.9. The molecule has 0 saturated heterocycles. The van der Waals surface area contributed by atoms with Crippen molar-refractivity contribution in [2.24, 2.45) is 0 Å². The fraction of sp³-hybridized carbons (Fsp3) is 0.682. The molecular weight excluding hydrogens is 384 g/mol. The Labute approximate surface area is 179 Å². The van der Waals surface area contributed by atoms with Gasteiger partial charge in [0.2, 0.25) is 5.91 Å². The Morgan fingerprint density at radius 1 is 1.23 bits per heavy atom. The molecule has 1 aromatic heterocycles. The number of nitriles is 1. The van der Waals surface area contributed by atoms with Crippen molar-refractivity contribution in [3.63, 3.8) is 0 Å². The number of nitrogens with one attached hydrogen (secondary N) is 1. The lowest BCUT2D eigenvalue weighted by Gasteiger charge is -2.27. The molecule has 1 heterocycles. The normalized spacial score (nSPS) is 14.5. The SMILES string of the molecule is CCOC(=O)CN(CCOC)CC(=O)Nc1c(C#N)c(C)c(C)n1C1CCCCC1. The number of anilines is 1. The highest BCUT2D eigenvalue weighted by Gasteiger charge is 2.26. The van der Waals surface area contributed by atoms with Crippen LogP contribution >= 0.6 is 0 Å². The Hall–Kier alpha value is -2.37. The minimum absolute atomic E-state index is 0.0113. The number of hydrogen-bond acceptors (Lipinski definition) is 6. The van der Waals surface area contributed by atoms with E-state index in [9.17, 15) is 14.9 Å². The molecule has 2 rings (SSSR count). The van der Waals surface area contributed by atoms with E-state index < -0.39 is 0 Å². The summed E-state index contributed by atoms with van der Waals surface area (Å²) in [6.07, 6.45) is 5.63. The van der Waals surface area contributed by atoms with Gasteiger partial charge >= 0.3 is 5.97 Å². The third-order valence-corrected chi connectivity index (χ3v) is 5.70. The van der Waals surface area contributed by atoms with E-state index in [1.54, 1.807) is 18.9 Å². The van der Waals surface area contributed by atoms with Gasteiger partial charge in [-0.15, -0.1) is 0 Å². The molecule has 1 fully saturated rings. The van der Waals surface area contributed by atoms with Crippen molar-refractivity contribution in [2.75, 3.05) is 45.3 Å². The smallest absolute Gasteiger partial charge is 0.320 e. The maximum absolute atomic E-state index is 12.9. The molecule has 0 aliphatic heterocycles. The predicted octanol–water partition coefficient (Wildman–Crippen LogP) is 2.93. The summed E-state index contributed by atoms with van der Waals surface area (Å²) in [5, 5.41) is 12.7. The molecule has 0 unspecified atom stereocenters. The van der Waals surface area contributed by atoms with Gasteiger partial charge in [0.15, 0.2) is 0 Å². The molecule has 1 saturated carbocycles. The Morgan fingerprint density at radius 2 is 1.93 bits per heavy atom. The predicted molar refractivity (Wildman–Crippen MR) is 114 cm³/mol. The summed E-state index contributed by atoms with van der Waals surface area (Å²) in [5.74, 6) is -0.0647. The zero-order valence-corrected chi connectivity index (χ0v) is 18.6. The van der Waals surface area contributed by atoms with E-state index in [-0.39, 0.29) is 25.0 Å². The van der Waals surface area contributed by atoms with Crippen molar-refractivity contribution in [2.45, 2.75) is 58.9 Å². The van der Waals surface area contributed by atoms with Gasteiger partial charge in [0.05, 0.1) is 31.9 Å². The summed E-state index contributed by atoms with van der Waals surface area (Å²) < 4.78 is 12.2. The Balaban J connectivity index is 2.20. The summed E-state index contributed by atoms with van der Waals surface area (Å²) in [4.78, 5) is 26.5. The molecule has 8 heteroatoms. The number of ether oxygens (including phenoxy) is 2. The quantitative estimate of drug-likeness (QED) is 0.587. The van der Waals surface area contributed by atoms with Crippen molar-refractivity contribution in [3.05, 3.63) is 16.8 Å².